The number of likely N-dealkylation sites (tertiary alicyclic amines) is 2. The van der Waals surface area contributed by atoms with Gasteiger partial charge in [0.25, 0.3) is 5.91 Å². The average molecular weight is 628 g/mol. The molecule has 2 aliphatic heterocycles. The van der Waals surface area contributed by atoms with E-state index in [4.69, 9.17) is 19.2 Å². The van der Waals surface area contributed by atoms with Crippen molar-refractivity contribution >= 4 is 28.9 Å². The third kappa shape index (κ3) is 8.97. The van der Waals surface area contributed by atoms with Crippen molar-refractivity contribution in [1.29, 1.82) is 0 Å². The number of hydrogen-bond acceptors (Lipinski definition) is 7. The second-order valence-corrected chi connectivity index (χ2v) is 13.9. The highest BCUT2D eigenvalue weighted by atomic mass is 16.6. The molecule has 0 bridgehead atoms. The van der Waals surface area contributed by atoms with E-state index in [1.807, 2.05) is 59.4 Å². The van der Waals surface area contributed by atoms with Crippen molar-refractivity contribution in [2.45, 2.75) is 91.0 Å². The molecule has 2 atom stereocenters. The van der Waals surface area contributed by atoms with Gasteiger partial charge in [0, 0.05) is 60.1 Å². The maximum Gasteiger partial charge on any atom is 0.410 e. The average Bonchev–Trinajstić information content (AvgIpc) is 3.38. The molecule has 1 aromatic carbocycles. The molecule has 11 heteroatoms. The number of methoxy groups -OCH3 is 2. The number of amides is 3. The number of hydrogen-bond donors (Lipinski definition) is 0. The number of imidazole rings is 1. The van der Waals surface area contributed by atoms with Crippen molar-refractivity contribution in [1.82, 2.24) is 24.3 Å². The van der Waals surface area contributed by atoms with Gasteiger partial charge in [-0.2, -0.15) is 0 Å². The zero-order chi connectivity index (χ0) is 32.7. The second-order valence-electron chi connectivity index (χ2n) is 13.9. The predicted octanol–water partition coefficient (Wildman–Crippen LogP) is 4.82. The van der Waals surface area contributed by atoms with Crippen LogP contribution >= 0.6 is 0 Å². The van der Waals surface area contributed by atoms with Gasteiger partial charge in [-0.3, -0.25) is 9.59 Å². The number of aryl methyl sites for hydroxylation is 1. The number of nitrogens with zero attached hydrogens (tertiary/aromatic N) is 5. The molecule has 45 heavy (non-hydrogen) atoms. The maximum atomic E-state index is 14.6. The third-order valence-electron chi connectivity index (χ3n) is 8.61. The highest BCUT2D eigenvalue weighted by Gasteiger charge is 2.42. The number of carbonyl (C=O) groups is 3. The molecule has 2 saturated heterocycles. The maximum absolute atomic E-state index is 14.6. The van der Waals surface area contributed by atoms with Crippen molar-refractivity contribution in [3.63, 3.8) is 0 Å². The number of aromatic nitrogens is 2. The second kappa shape index (κ2) is 15.4. The Morgan fingerprint density at radius 1 is 1.02 bits per heavy atom. The molecule has 2 aromatic rings. The summed E-state index contributed by atoms with van der Waals surface area (Å²) >= 11 is 0. The van der Waals surface area contributed by atoms with Gasteiger partial charge in [0.2, 0.25) is 5.91 Å². The smallest absolute Gasteiger partial charge is 0.410 e. The molecule has 0 saturated carbocycles. The normalized spacial score (nSPS) is 19.7. The van der Waals surface area contributed by atoms with Crippen LogP contribution in [0.25, 0.3) is 11.0 Å². The lowest BCUT2D eigenvalue weighted by Gasteiger charge is -2.44. The Morgan fingerprint density at radius 2 is 1.73 bits per heavy atom. The minimum atomic E-state index is -0.688. The van der Waals surface area contributed by atoms with Crippen molar-refractivity contribution in [3.8, 4) is 0 Å². The summed E-state index contributed by atoms with van der Waals surface area (Å²) in [7, 11) is 3.40. The number of unbranched alkanes of at least 4 members (excludes halogenated alkanes) is 1. The first-order valence-corrected chi connectivity index (χ1v) is 16.5. The van der Waals surface area contributed by atoms with E-state index >= 15 is 0 Å². The molecule has 2 fully saturated rings. The first-order valence-electron chi connectivity index (χ1n) is 16.5. The van der Waals surface area contributed by atoms with Crippen LogP contribution in [0.15, 0.2) is 24.3 Å². The number of para-hydroxylation sites is 2. The zero-order valence-electron chi connectivity index (χ0n) is 28.3. The van der Waals surface area contributed by atoms with Crippen LogP contribution in [0.4, 0.5) is 4.79 Å². The molecule has 2 aliphatic rings. The summed E-state index contributed by atoms with van der Waals surface area (Å²) in [5, 5.41) is 0. The molecule has 1 aromatic heterocycles. The van der Waals surface area contributed by atoms with Gasteiger partial charge in [-0.05, 0) is 70.9 Å². The van der Waals surface area contributed by atoms with Crippen LogP contribution in [0, 0.1) is 11.8 Å². The van der Waals surface area contributed by atoms with E-state index in [-0.39, 0.29) is 43.0 Å². The summed E-state index contributed by atoms with van der Waals surface area (Å²) in [4.78, 5) is 52.2. The Labute approximate surface area is 268 Å². The summed E-state index contributed by atoms with van der Waals surface area (Å²) in [6.45, 7) is 13.2. The lowest BCUT2D eigenvalue weighted by atomic mass is 9.90. The number of piperidine rings is 2. The zero-order valence-corrected chi connectivity index (χ0v) is 28.3. The molecular formula is C34H53N5O6. The summed E-state index contributed by atoms with van der Waals surface area (Å²) in [6.07, 6.45) is 3.43. The third-order valence-corrected chi connectivity index (χ3v) is 8.61. The Balaban J connectivity index is 1.66. The summed E-state index contributed by atoms with van der Waals surface area (Å²) < 4.78 is 18.6. The van der Waals surface area contributed by atoms with Crippen LogP contribution in [-0.2, 0) is 25.5 Å². The molecule has 1 unspecified atom stereocenters. The van der Waals surface area contributed by atoms with Gasteiger partial charge in [0.05, 0.1) is 29.1 Å². The van der Waals surface area contributed by atoms with Gasteiger partial charge in [0.1, 0.15) is 5.60 Å². The van der Waals surface area contributed by atoms with Crippen LogP contribution in [0.2, 0.25) is 0 Å². The Hall–Kier alpha value is -3.18. The van der Waals surface area contributed by atoms with Gasteiger partial charge in [-0.15, -0.1) is 0 Å². The largest absolute Gasteiger partial charge is 0.444 e. The van der Waals surface area contributed by atoms with E-state index < -0.39 is 17.6 Å². The molecular weight excluding hydrogens is 574 g/mol. The molecule has 0 aliphatic carbocycles. The minimum absolute atomic E-state index is 0.0186. The predicted molar refractivity (Wildman–Crippen MR) is 173 cm³/mol. The summed E-state index contributed by atoms with van der Waals surface area (Å²) in [6, 6.07) is 7.43. The summed E-state index contributed by atoms with van der Waals surface area (Å²) in [5.41, 5.74) is 0.991. The Kier molecular flexibility index (Phi) is 11.9. The van der Waals surface area contributed by atoms with Crippen molar-refractivity contribution in [2.24, 2.45) is 11.8 Å². The first-order chi connectivity index (χ1) is 21.4. The van der Waals surface area contributed by atoms with Crippen molar-refractivity contribution in [3.05, 3.63) is 30.1 Å². The number of rotatable bonds is 11. The number of fused-ring (bicyclic) bond motifs is 1. The minimum Gasteiger partial charge on any atom is -0.444 e. The fourth-order valence-electron chi connectivity index (χ4n) is 6.42. The topological polar surface area (TPSA) is 106 Å². The van der Waals surface area contributed by atoms with Crippen LogP contribution in [0.3, 0.4) is 0 Å². The van der Waals surface area contributed by atoms with Gasteiger partial charge in [-0.25, -0.2) is 9.78 Å². The molecule has 11 nitrogen and oxygen atoms in total. The molecule has 3 heterocycles. The molecule has 0 spiro atoms. The monoisotopic (exact) mass is 627 g/mol. The van der Waals surface area contributed by atoms with Crippen LogP contribution in [0.5, 0.6) is 0 Å². The number of benzene rings is 1. The van der Waals surface area contributed by atoms with E-state index in [2.05, 4.69) is 13.8 Å². The van der Waals surface area contributed by atoms with Crippen molar-refractivity contribution in [2.75, 3.05) is 53.6 Å². The van der Waals surface area contributed by atoms with Crippen molar-refractivity contribution < 1.29 is 28.6 Å². The number of carbonyl (C=O) groups excluding carboxylic acids is 3. The van der Waals surface area contributed by atoms with Gasteiger partial charge < -0.3 is 33.5 Å². The fraction of sp³-hybridized carbons (Fsp3) is 0.706. The van der Waals surface area contributed by atoms with Crippen LogP contribution in [-0.4, -0.2) is 113 Å². The lowest BCUT2D eigenvalue weighted by molar-refractivity contribution is -0.140. The Bertz CT molecular complexity index is 1300. The van der Waals surface area contributed by atoms with Gasteiger partial charge in [-0.1, -0.05) is 26.0 Å². The standard InChI is InChI=1S/C34H53N5O6/c1-24(2)21-39(32(41)30-35-28-12-8-9-13-29(28)38(30)16-10-11-19-43-6)26-20-25(22-37(23-26)33(42)45-34(3,4)5)31(40)36-17-14-27(44-7)15-18-36/h8-9,12-13,24-27H,10-11,14-23H2,1-7H3/t25?,26-/m0/s1. The molecule has 4 rings (SSSR count). The highest BCUT2D eigenvalue weighted by Crippen LogP contribution is 2.29. The molecule has 0 N–H and O–H groups in total. The molecule has 250 valence electrons. The Morgan fingerprint density at radius 3 is 2.38 bits per heavy atom. The fourth-order valence-corrected chi connectivity index (χ4v) is 6.42. The first kappa shape index (κ1) is 34.7. The molecule has 3 amide bonds. The van der Waals surface area contributed by atoms with E-state index in [1.165, 1.54) is 0 Å². The molecule has 0 radical (unpaired) electrons. The van der Waals surface area contributed by atoms with Crippen LogP contribution < -0.4 is 0 Å². The quantitative estimate of drug-likeness (QED) is 0.329. The van der Waals surface area contributed by atoms with E-state index in [0.29, 0.717) is 45.0 Å². The van der Waals surface area contributed by atoms with E-state index in [0.717, 1.165) is 36.7 Å². The SMILES string of the molecule is COCCCCn1c(C(=O)N(CC(C)C)[C@H]2CC(C(=O)N3CCC(OC)CC3)CN(C(=O)OC(C)(C)C)C2)nc2ccccc21. The van der Waals surface area contributed by atoms with E-state index in [9.17, 15) is 14.4 Å². The van der Waals surface area contributed by atoms with Crippen LogP contribution in [0.1, 0.15) is 77.3 Å². The lowest BCUT2D eigenvalue weighted by Crippen LogP contribution is -2.58. The van der Waals surface area contributed by atoms with Gasteiger partial charge >= 0.3 is 6.09 Å². The van der Waals surface area contributed by atoms with Gasteiger partial charge in [0.15, 0.2) is 5.82 Å². The van der Waals surface area contributed by atoms with E-state index in [1.54, 1.807) is 19.1 Å². The summed E-state index contributed by atoms with van der Waals surface area (Å²) in [5.74, 6) is -0.0774. The highest BCUT2D eigenvalue weighted by molar-refractivity contribution is 5.95. The number of ether oxygens (including phenoxy) is 3.